The third kappa shape index (κ3) is 4.19. The van der Waals surface area contributed by atoms with Crippen molar-refractivity contribution in [3.8, 4) is 11.5 Å². The first-order valence-corrected chi connectivity index (χ1v) is 10.1. The van der Waals surface area contributed by atoms with Crippen molar-refractivity contribution < 1.29 is 32.2 Å². The van der Waals surface area contributed by atoms with Gasteiger partial charge in [-0.05, 0) is 35.9 Å². The number of nitrogens with one attached hydrogen (secondary N) is 1. The van der Waals surface area contributed by atoms with Crippen LogP contribution >= 0.6 is 0 Å². The second-order valence-electron chi connectivity index (χ2n) is 7.30. The number of hydrogen-bond donors (Lipinski definition) is 1. The number of benzene rings is 3. The molecule has 9 heteroatoms. The Hall–Kier alpha value is -4.27. The standard InChI is InChI=1S/C25H19F3N2O4/c1-33-18-11-12-20(34-2)19(14-18)29-22-21(15-7-4-3-5-8-15)23(31)30(24(22)32)17-10-6-9-16(13-17)25(26,27)28/h3-14,29H,1-2H3. The number of hydrogen-bond acceptors (Lipinski definition) is 5. The summed E-state index contributed by atoms with van der Waals surface area (Å²) in [6.45, 7) is 0. The minimum Gasteiger partial charge on any atom is -0.497 e. The SMILES string of the molecule is COc1ccc(OC)c(NC2=C(c3ccccc3)C(=O)N(c3cccc(C(F)(F)F)c3)C2=O)c1. The van der Waals surface area contributed by atoms with Gasteiger partial charge >= 0.3 is 6.18 Å². The van der Waals surface area contributed by atoms with Gasteiger partial charge in [-0.2, -0.15) is 13.2 Å². The van der Waals surface area contributed by atoms with Gasteiger partial charge in [0.05, 0.1) is 36.7 Å². The first kappa shape index (κ1) is 22.9. The van der Waals surface area contributed by atoms with Crippen molar-refractivity contribution in [2.24, 2.45) is 0 Å². The average molecular weight is 468 g/mol. The highest BCUT2D eigenvalue weighted by Gasteiger charge is 2.41. The van der Waals surface area contributed by atoms with Gasteiger partial charge in [0.2, 0.25) is 0 Å². The molecular weight excluding hydrogens is 449 g/mol. The van der Waals surface area contributed by atoms with Crippen LogP contribution in [0.4, 0.5) is 24.5 Å². The first-order chi connectivity index (χ1) is 16.2. The maximum absolute atomic E-state index is 13.5. The molecule has 2 amide bonds. The minimum absolute atomic E-state index is 0.0212. The van der Waals surface area contributed by atoms with Gasteiger partial charge < -0.3 is 14.8 Å². The Morgan fingerprint density at radius 1 is 0.824 bits per heavy atom. The van der Waals surface area contributed by atoms with E-state index in [4.69, 9.17) is 9.47 Å². The van der Waals surface area contributed by atoms with Crippen LogP contribution < -0.4 is 19.7 Å². The van der Waals surface area contributed by atoms with Crippen molar-refractivity contribution in [3.63, 3.8) is 0 Å². The number of carbonyl (C=O) groups is 2. The number of rotatable bonds is 6. The summed E-state index contributed by atoms with van der Waals surface area (Å²) in [7, 11) is 2.91. The van der Waals surface area contributed by atoms with E-state index in [2.05, 4.69) is 5.32 Å². The molecule has 0 unspecified atom stereocenters. The fourth-order valence-electron chi connectivity index (χ4n) is 3.62. The predicted molar refractivity (Wildman–Crippen MR) is 120 cm³/mol. The van der Waals surface area contributed by atoms with Crippen LogP contribution in [0.2, 0.25) is 0 Å². The molecule has 1 heterocycles. The topological polar surface area (TPSA) is 67.9 Å². The molecule has 0 aliphatic carbocycles. The molecule has 174 valence electrons. The molecule has 3 aromatic rings. The van der Waals surface area contributed by atoms with E-state index >= 15 is 0 Å². The molecule has 1 aliphatic rings. The van der Waals surface area contributed by atoms with Crippen LogP contribution in [0.25, 0.3) is 5.57 Å². The normalized spacial score (nSPS) is 14.0. The van der Waals surface area contributed by atoms with Crippen LogP contribution in [0.15, 0.2) is 78.5 Å². The number of methoxy groups -OCH3 is 2. The van der Waals surface area contributed by atoms with E-state index in [1.807, 2.05) is 0 Å². The monoisotopic (exact) mass is 468 g/mol. The Kier molecular flexibility index (Phi) is 6.02. The van der Waals surface area contributed by atoms with Crippen LogP contribution in [0.5, 0.6) is 11.5 Å². The summed E-state index contributed by atoms with van der Waals surface area (Å²) in [5, 5.41) is 2.95. The van der Waals surface area contributed by atoms with Crippen LogP contribution in [-0.4, -0.2) is 26.0 Å². The average Bonchev–Trinajstić information content (AvgIpc) is 3.08. The second-order valence-corrected chi connectivity index (χ2v) is 7.30. The molecule has 0 atom stereocenters. The minimum atomic E-state index is -4.63. The number of anilines is 2. The Morgan fingerprint density at radius 2 is 1.56 bits per heavy atom. The number of nitrogens with zero attached hydrogens (tertiary/aromatic N) is 1. The van der Waals surface area contributed by atoms with Crippen molar-refractivity contribution in [3.05, 3.63) is 89.6 Å². The molecule has 0 saturated heterocycles. The largest absolute Gasteiger partial charge is 0.497 e. The summed E-state index contributed by atoms with van der Waals surface area (Å²) < 4.78 is 50.4. The number of carbonyl (C=O) groups excluding carboxylic acids is 2. The lowest BCUT2D eigenvalue weighted by molar-refractivity contribution is -0.137. The summed E-state index contributed by atoms with van der Waals surface area (Å²) in [4.78, 5) is 27.6. The lowest BCUT2D eigenvalue weighted by Gasteiger charge is -2.17. The molecule has 4 rings (SSSR count). The lowest BCUT2D eigenvalue weighted by atomic mass is 10.0. The van der Waals surface area contributed by atoms with Gasteiger partial charge in [0, 0.05) is 6.07 Å². The number of halogens is 3. The number of alkyl halides is 3. The van der Waals surface area contributed by atoms with E-state index in [1.54, 1.807) is 48.5 Å². The Bertz CT molecular complexity index is 1290. The van der Waals surface area contributed by atoms with Crippen LogP contribution in [0.1, 0.15) is 11.1 Å². The molecule has 0 bridgehead atoms. The fourth-order valence-corrected chi connectivity index (χ4v) is 3.62. The number of ether oxygens (including phenoxy) is 2. The summed E-state index contributed by atoms with van der Waals surface area (Å²) in [5.74, 6) is -0.705. The van der Waals surface area contributed by atoms with Gasteiger partial charge in [-0.25, -0.2) is 4.90 Å². The zero-order valence-corrected chi connectivity index (χ0v) is 18.1. The van der Waals surface area contributed by atoms with Gasteiger partial charge in [-0.3, -0.25) is 9.59 Å². The highest BCUT2D eigenvalue weighted by Crippen LogP contribution is 2.38. The van der Waals surface area contributed by atoms with Gasteiger partial charge in [0.1, 0.15) is 17.2 Å². The maximum Gasteiger partial charge on any atom is 0.416 e. The van der Waals surface area contributed by atoms with Crippen LogP contribution in [0, 0.1) is 0 Å². The third-order valence-electron chi connectivity index (χ3n) is 5.24. The summed E-state index contributed by atoms with van der Waals surface area (Å²) >= 11 is 0. The van der Waals surface area contributed by atoms with E-state index in [1.165, 1.54) is 20.3 Å². The summed E-state index contributed by atoms with van der Waals surface area (Å²) in [6, 6.07) is 17.3. The molecule has 0 aromatic heterocycles. The lowest BCUT2D eigenvalue weighted by Crippen LogP contribution is -2.32. The van der Waals surface area contributed by atoms with Crippen LogP contribution in [0.3, 0.4) is 0 Å². The van der Waals surface area contributed by atoms with Gasteiger partial charge in [-0.1, -0.05) is 36.4 Å². The van der Waals surface area contributed by atoms with Gasteiger partial charge in [-0.15, -0.1) is 0 Å². The first-order valence-electron chi connectivity index (χ1n) is 10.1. The Labute approximate surface area is 193 Å². The molecule has 0 saturated carbocycles. The van der Waals surface area contributed by atoms with Crippen molar-refractivity contribution >= 4 is 28.8 Å². The third-order valence-corrected chi connectivity index (χ3v) is 5.24. The summed E-state index contributed by atoms with van der Waals surface area (Å²) in [6.07, 6.45) is -4.63. The quantitative estimate of drug-likeness (QED) is 0.509. The molecule has 0 spiro atoms. The zero-order chi connectivity index (χ0) is 24.5. The zero-order valence-electron chi connectivity index (χ0n) is 18.1. The van der Waals surface area contributed by atoms with E-state index in [-0.39, 0.29) is 17.0 Å². The molecular formula is C25H19F3N2O4. The molecule has 6 nitrogen and oxygen atoms in total. The van der Waals surface area contributed by atoms with Gasteiger partial charge in [0.25, 0.3) is 11.8 Å². The van der Waals surface area contributed by atoms with E-state index < -0.39 is 23.6 Å². The van der Waals surface area contributed by atoms with Crippen LogP contribution in [-0.2, 0) is 15.8 Å². The maximum atomic E-state index is 13.5. The fraction of sp³-hybridized carbons (Fsp3) is 0.120. The molecule has 1 N–H and O–H groups in total. The Balaban J connectivity index is 1.84. The number of imide groups is 1. The van der Waals surface area contributed by atoms with Crippen molar-refractivity contribution in [1.29, 1.82) is 0 Å². The highest BCUT2D eigenvalue weighted by molar-refractivity contribution is 6.46. The van der Waals surface area contributed by atoms with E-state index in [9.17, 15) is 22.8 Å². The second kappa shape index (κ2) is 8.93. The van der Waals surface area contributed by atoms with Crippen molar-refractivity contribution in [2.75, 3.05) is 24.4 Å². The smallest absolute Gasteiger partial charge is 0.416 e. The van der Waals surface area contributed by atoms with Gasteiger partial charge in [0.15, 0.2) is 0 Å². The highest BCUT2D eigenvalue weighted by atomic mass is 19.4. The molecule has 34 heavy (non-hydrogen) atoms. The Morgan fingerprint density at radius 3 is 2.21 bits per heavy atom. The number of amides is 2. The van der Waals surface area contributed by atoms with Crippen molar-refractivity contribution in [1.82, 2.24) is 0 Å². The van der Waals surface area contributed by atoms with Crippen molar-refractivity contribution in [2.45, 2.75) is 6.18 Å². The molecule has 0 fully saturated rings. The summed E-state index contributed by atoms with van der Waals surface area (Å²) in [5.41, 5.74) is -0.458. The van der Waals surface area contributed by atoms with E-state index in [0.717, 1.165) is 23.1 Å². The molecule has 3 aromatic carbocycles. The van der Waals surface area contributed by atoms with E-state index in [0.29, 0.717) is 22.7 Å². The molecule has 1 aliphatic heterocycles. The predicted octanol–water partition coefficient (Wildman–Crippen LogP) is 5.12. The molecule has 0 radical (unpaired) electrons.